The highest BCUT2D eigenvalue weighted by Crippen LogP contribution is 2.18. The first-order valence-corrected chi connectivity index (χ1v) is 8.46. The number of hydrogen-bond donors (Lipinski definition) is 1. The highest BCUT2D eigenvalue weighted by molar-refractivity contribution is 5.76. The zero-order valence-corrected chi connectivity index (χ0v) is 13.8. The van der Waals surface area contributed by atoms with Gasteiger partial charge in [0.05, 0.1) is 12.8 Å². The first-order chi connectivity index (χ1) is 12.2. The molecule has 1 aliphatic rings. The van der Waals surface area contributed by atoms with Crippen LogP contribution >= 0.6 is 0 Å². The van der Waals surface area contributed by atoms with Gasteiger partial charge in [0, 0.05) is 13.0 Å². The van der Waals surface area contributed by atoms with E-state index in [1.54, 1.807) is 18.4 Å². The van der Waals surface area contributed by atoms with E-state index in [9.17, 15) is 9.59 Å². The fraction of sp³-hybridized carbons (Fsp3) is 0.412. The van der Waals surface area contributed by atoms with Crippen LogP contribution in [0.1, 0.15) is 30.8 Å². The van der Waals surface area contributed by atoms with E-state index in [0.717, 1.165) is 38.1 Å². The van der Waals surface area contributed by atoms with Crippen LogP contribution in [0, 0.1) is 0 Å². The third-order valence-corrected chi connectivity index (χ3v) is 4.44. The summed E-state index contributed by atoms with van der Waals surface area (Å²) in [7, 11) is 0. The summed E-state index contributed by atoms with van der Waals surface area (Å²) in [5.41, 5.74) is 0.686. The Kier molecular flexibility index (Phi) is 4.09. The number of aryl methyl sites for hydroxylation is 2. The van der Waals surface area contributed by atoms with Crippen molar-refractivity contribution in [3.63, 3.8) is 0 Å². The number of carbonyl (C=O) groups excluding carboxylic acids is 1. The zero-order chi connectivity index (χ0) is 17.2. The number of rotatable bonds is 4. The molecule has 8 heteroatoms. The number of furan rings is 1. The Bertz CT molecular complexity index is 955. The summed E-state index contributed by atoms with van der Waals surface area (Å²) in [6.45, 7) is 1.03. The average Bonchev–Trinajstić information content (AvgIpc) is 3.18. The average molecular weight is 341 g/mol. The molecular weight excluding hydrogens is 322 g/mol. The molecule has 1 amide bonds. The van der Waals surface area contributed by atoms with Crippen LogP contribution in [-0.2, 0) is 30.8 Å². The van der Waals surface area contributed by atoms with Gasteiger partial charge in [-0.2, -0.15) is 0 Å². The normalized spacial score (nSPS) is 14.2. The number of nitrogens with one attached hydrogen (secondary N) is 1. The minimum atomic E-state index is -0.279. The van der Waals surface area contributed by atoms with Gasteiger partial charge in [0.15, 0.2) is 11.2 Å². The zero-order valence-electron chi connectivity index (χ0n) is 13.8. The largest absolute Gasteiger partial charge is 0.467 e. The molecule has 0 saturated heterocycles. The summed E-state index contributed by atoms with van der Waals surface area (Å²) in [6, 6.07) is 3.53. The Labute approximate surface area is 143 Å². The lowest BCUT2D eigenvalue weighted by atomic mass is 10.2. The second kappa shape index (κ2) is 6.54. The molecule has 1 aliphatic heterocycles. The van der Waals surface area contributed by atoms with Gasteiger partial charge in [0.25, 0.3) is 5.56 Å². The van der Waals surface area contributed by atoms with Crippen LogP contribution in [0.15, 0.2) is 33.9 Å². The van der Waals surface area contributed by atoms with Gasteiger partial charge in [-0.3, -0.25) is 14.2 Å². The number of imidazole rings is 1. The monoisotopic (exact) mass is 341 g/mol. The van der Waals surface area contributed by atoms with Crippen molar-refractivity contribution in [1.29, 1.82) is 0 Å². The lowest BCUT2D eigenvalue weighted by Crippen LogP contribution is -2.32. The summed E-state index contributed by atoms with van der Waals surface area (Å²) < 4.78 is 8.49. The van der Waals surface area contributed by atoms with Gasteiger partial charge in [-0.05, 0) is 25.0 Å². The van der Waals surface area contributed by atoms with Crippen molar-refractivity contribution in [2.75, 3.05) is 0 Å². The van der Waals surface area contributed by atoms with Crippen molar-refractivity contribution in [1.82, 2.24) is 24.4 Å². The van der Waals surface area contributed by atoms with E-state index in [-0.39, 0.29) is 24.6 Å². The molecule has 4 rings (SSSR count). The summed E-state index contributed by atoms with van der Waals surface area (Å²) in [5.74, 6) is 1.30. The molecule has 0 aromatic carbocycles. The molecular formula is C17H19N5O3. The van der Waals surface area contributed by atoms with E-state index in [1.807, 2.05) is 4.57 Å². The molecule has 1 N–H and O–H groups in total. The Hall–Kier alpha value is -2.90. The van der Waals surface area contributed by atoms with Crippen LogP contribution in [-0.4, -0.2) is 25.0 Å². The molecule has 4 heterocycles. The van der Waals surface area contributed by atoms with Crippen molar-refractivity contribution >= 4 is 17.1 Å². The van der Waals surface area contributed by atoms with Gasteiger partial charge in [-0.15, -0.1) is 0 Å². The molecule has 0 fully saturated rings. The number of amides is 1. The number of hydrogen-bond acceptors (Lipinski definition) is 5. The third kappa shape index (κ3) is 3.07. The van der Waals surface area contributed by atoms with Gasteiger partial charge >= 0.3 is 0 Å². The van der Waals surface area contributed by atoms with Crippen LogP contribution in [0.3, 0.4) is 0 Å². The number of carbonyl (C=O) groups is 1. The fourth-order valence-electron chi connectivity index (χ4n) is 3.15. The van der Waals surface area contributed by atoms with E-state index in [1.165, 1.54) is 10.9 Å². The van der Waals surface area contributed by atoms with Gasteiger partial charge in [-0.25, -0.2) is 9.97 Å². The van der Waals surface area contributed by atoms with E-state index in [0.29, 0.717) is 16.9 Å². The summed E-state index contributed by atoms with van der Waals surface area (Å²) in [4.78, 5) is 33.6. The Morgan fingerprint density at radius 1 is 1.32 bits per heavy atom. The van der Waals surface area contributed by atoms with Crippen LogP contribution < -0.4 is 10.9 Å². The highest BCUT2D eigenvalue weighted by atomic mass is 16.3. The minimum absolute atomic E-state index is 0.0926. The maximum absolute atomic E-state index is 12.6. The Morgan fingerprint density at radius 2 is 2.24 bits per heavy atom. The first kappa shape index (κ1) is 15.6. The fourth-order valence-corrected chi connectivity index (χ4v) is 3.15. The van der Waals surface area contributed by atoms with Gasteiger partial charge in [-0.1, -0.05) is 6.42 Å². The quantitative estimate of drug-likeness (QED) is 0.770. The van der Waals surface area contributed by atoms with Gasteiger partial charge in [0.1, 0.15) is 24.5 Å². The standard InChI is InChI=1S/C17H19N5O3/c23-14(18-9-12-5-4-8-25-12)10-21-11-19-16-15(17(21)24)20-13-6-2-1-3-7-22(13)16/h4-5,8,11H,1-3,6-7,9-10H2,(H,18,23). The molecule has 0 spiro atoms. The molecule has 130 valence electrons. The number of fused-ring (bicyclic) bond motifs is 3. The lowest BCUT2D eigenvalue weighted by molar-refractivity contribution is -0.122. The van der Waals surface area contributed by atoms with Crippen molar-refractivity contribution in [2.24, 2.45) is 0 Å². The van der Waals surface area contributed by atoms with Crippen molar-refractivity contribution in [2.45, 2.75) is 45.3 Å². The van der Waals surface area contributed by atoms with Gasteiger partial charge in [0.2, 0.25) is 5.91 Å². The molecule has 8 nitrogen and oxygen atoms in total. The molecule has 0 radical (unpaired) electrons. The Balaban J connectivity index is 1.55. The van der Waals surface area contributed by atoms with E-state index in [4.69, 9.17) is 4.42 Å². The van der Waals surface area contributed by atoms with Crippen molar-refractivity contribution in [3.05, 3.63) is 46.7 Å². The van der Waals surface area contributed by atoms with Crippen LogP contribution in [0.4, 0.5) is 0 Å². The smallest absolute Gasteiger partial charge is 0.282 e. The molecule has 0 bridgehead atoms. The molecule has 0 atom stereocenters. The predicted octanol–water partition coefficient (Wildman–Crippen LogP) is 1.23. The maximum Gasteiger partial charge on any atom is 0.282 e. The van der Waals surface area contributed by atoms with Crippen LogP contribution in [0.25, 0.3) is 11.2 Å². The second-order valence-electron chi connectivity index (χ2n) is 6.20. The topological polar surface area (TPSA) is 95.0 Å². The summed E-state index contributed by atoms with van der Waals surface area (Å²) in [6.07, 6.45) is 7.14. The van der Waals surface area contributed by atoms with E-state index >= 15 is 0 Å². The SMILES string of the molecule is O=C(Cn1cnc2c(nc3n2CCCCC3)c1=O)NCc1ccco1. The highest BCUT2D eigenvalue weighted by Gasteiger charge is 2.18. The minimum Gasteiger partial charge on any atom is -0.467 e. The Morgan fingerprint density at radius 3 is 3.08 bits per heavy atom. The first-order valence-electron chi connectivity index (χ1n) is 8.46. The predicted molar refractivity (Wildman–Crippen MR) is 89.9 cm³/mol. The van der Waals surface area contributed by atoms with Gasteiger partial charge < -0.3 is 14.3 Å². The number of aromatic nitrogens is 4. The molecule has 0 saturated carbocycles. The van der Waals surface area contributed by atoms with Crippen LogP contribution in [0.5, 0.6) is 0 Å². The summed E-state index contributed by atoms with van der Waals surface area (Å²) in [5, 5.41) is 2.72. The maximum atomic E-state index is 12.6. The molecule has 3 aromatic heterocycles. The summed E-state index contributed by atoms with van der Waals surface area (Å²) >= 11 is 0. The molecule has 25 heavy (non-hydrogen) atoms. The molecule has 0 aliphatic carbocycles. The molecule has 0 unspecified atom stereocenters. The third-order valence-electron chi connectivity index (χ3n) is 4.44. The molecule has 3 aromatic rings. The van der Waals surface area contributed by atoms with E-state index < -0.39 is 0 Å². The van der Waals surface area contributed by atoms with Crippen molar-refractivity contribution < 1.29 is 9.21 Å². The number of nitrogens with zero attached hydrogens (tertiary/aromatic N) is 4. The lowest BCUT2D eigenvalue weighted by Gasteiger charge is -2.07. The van der Waals surface area contributed by atoms with Crippen molar-refractivity contribution in [3.8, 4) is 0 Å². The second-order valence-corrected chi connectivity index (χ2v) is 6.20. The van der Waals surface area contributed by atoms with Crippen LogP contribution in [0.2, 0.25) is 0 Å². The van der Waals surface area contributed by atoms with E-state index in [2.05, 4.69) is 15.3 Å².